The van der Waals surface area contributed by atoms with Crippen LogP contribution in [0.4, 0.5) is 0 Å². The third kappa shape index (κ3) is 5.18. The van der Waals surface area contributed by atoms with Gasteiger partial charge in [0.1, 0.15) is 6.61 Å². The second-order valence-electron chi connectivity index (χ2n) is 7.04. The van der Waals surface area contributed by atoms with Gasteiger partial charge in [0.05, 0.1) is 12.2 Å². The Hall–Kier alpha value is -2.14. The van der Waals surface area contributed by atoms with Gasteiger partial charge in [-0.05, 0) is 43.6 Å². The van der Waals surface area contributed by atoms with E-state index >= 15 is 0 Å². The first-order valence-electron chi connectivity index (χ1n) is 9.45. The number of carboxylic acid groups (broad SMARTS) is 1. The van der Waals surface area contributed by atoms with E-state index < -0.39 is 5.97 Å². The van der Waals surface area contributed by atoms with Crippen LogP contribution < -0.4 is 0 Å². The van der Waals surface area contributed by atoms with E-state index in [9.17, 15) is 4.79 Å². The summed E-state index contributed by atoms with van der Waals surface area (Å²) in [5.41, 5.74) is 1.11. The Morgan fingerprint density at radius 3 is 2.85 bits per heavy atom. The van der Waals surface area contributed by atoms with Crippen LogP contribution in [0.5, 0.6) is 0 Å². The average molecular weight is 357 g/mol. The fraction of sp³-hybridized carbons (Fsp3) is 0.524. The Bertz CT molecular complexity index is 628. The Morgan fingerprint density at radius 1 is 1.23 bits per heavy atom. The lowest BCUT2D eigenvalue weighted by atomic mass is 9.78. The van der Waals surface area contributed by atoms with E-state index in [1.54, 1.807) is 0 Å². The minimum absolute atomic E-state index is 0.232. The number of rotatable bonds is 10. The number of carboxylic acids is 1. The Labute approximate surface area is 154 Å². The molecular weight excluding hydrogens is 330 g/mol. The molecule has 2 heterocycles. The molecule has 2 aliphatic heterocycles. The SMILES string of the molecule is O=C(O)CCC/C=C\C[C@@H]1[C@@H](C=NOCc2ccccc2)[C@@H]2CC[C@H]1O2. The third-order valence-corrected chi connectivity index (χ3v) is 5.20. The number of oxime groups is 1. The number of benzene rings is 1. The molecule has 2 aliphatic rings. The van der Waals surface area contributed by atoms with Crippen LogP contribution in [0, 0.1) is 11.8 Å². The second kappa shape index (κ2) is 9.53. The minimum atomic E-state index is -0.730. The normalized spacial score (nSPS) is 27.5. The van der Waals surface area contributed by atoms with Gasteiger partial charge in [-0.25, -0.2) is 0 Å². The standard InChI is InChI=1S/C21H27NO4/c23-21(24)11-7-2-1-6-10-17-18(20-13-12-19(17)26-20)14-22-25-15-16-8-4-3-5-9-16/h1,3-6,8-9,14,17-20H,2,7,10-13,15H2,(H,23,24)/b6-1-,22-14?/t17-,18-,19-,20+/m1/s1. The van der Waals surface area contributed by atoms with Crippen molar-refractivity contribution >= 4 is 12.2 Å². The molecule has 5 nitrogen and oxygen atoms in total. The topological polar surface area (TPSA) is 68.1 Å². The molecular formula is C21H27NO4. The van der Waals surface area contributed by atoms with E-state index in [0.717, 1.165) is 31.2 Å². The number of hydrogen-bond acceptors (Lipinski definition) is 4. The number of fused-ring (bicyclic) bond motifs is 2. The molecule has 2 fully saturated rings. The monoisotopic (exact) mass is 357 g/mol. The highest BCUT2D eigenvalue weighted by Crippen LogP contribution is 2.44. The van der Waals surface area contributed by atoms with Gasteiger partial charge in [0.15, 0.2) is 0 Å². The minimum Gasteiger partial charge on any atom is -0.481 e. The van der Waals surface area contributed by atoms with Gasteiger partial charge in [0, 0.05) is 18.6 Å². The van der Waals surface area contributed by atoms with Crippen molar-refractivity contribution in [3.8, 4) is 0 Å². The van der Waals surface area contributed by atoms with Crippen LogP contribution in [-0.2, 0) is 21.0 Å². The fourth-order valence-corrected chi connectivity index (χ4v) is 3.87. The molecule has 1 aromatic rings. The van der Waals surface area contributed by atoms with E-state index in [1.807, 2.05) is 36.5 Å². The number of carbonyl (C=O) groups is 1. The van der Waals surface area contributed by atoms with Gasteiger partial charge in [0.2, 0.25) is 0 Å². The lowest BCUT2D eigenvalue weighted by molar-refractivity contribution is -0.137. The molecule has 0 spiro atoms. The molecule has 0 amide bonds. The van der Waals surface area contributed by atoms with E-state index in [4.69, 9.17) is 14.7 Å². The summed E-state index contributed by atoms with van der Waals surface area (Å²) in [6.07, 6.45) is 11.7. The molecule has 0 aliphatic carbocycles. The predicted octanol–water partition coefficient (Wildman–Crippen LogP) is 4.18. The summed E-state index contributed by atoms with van der Waals surface area (Å²) in [6.45, 7) is 0.479. The van der Waals surface area contributed by atoms with Gasteiger partial charge in [-0.3, -0.25) is 4.79 Å². The molecule has 5 heteroatoms. The first kappa shape index (κ1) is 18.6. The molecule has 0 unspecified atom stereocenters. The summed E-state index contributed by atoms with van der Waals surface area (Å²) in [5, 5.41) is 12.9. The maximum absolute atomic E-state index is 10.5. The highest BCUT2D eigenvalue weighted by atomic mass is 16.6. The van der Waals surface area contributed by atoms with Crippen LogP contribution in [-0.4, -0.2) is 29.5 Å². The molecule has 140 valence electrons. The van der Waals surface area contributed by atoms with Crippen molar-refractivity contribution in [1.29, 1.82) is 0 Å². The zero-order valence-corrected chi connectivity index (χ0v) is 15.0. The van der Waals surface area contributed by atoms with E-state index in [0.29, 0.717) is 31.0 Å². The van der Waals surface area contributed by atoms with Crippen LogP contribution in [0.3, 0.4) is 0 Å². The van der Waals surface area contributed by atoms with Gasteiger partial charge in [0.25, 0.3) is 0 Å². The average Bonchev–Trinajstić information content (AvgIpc) is 3.24. The molecule has 1 aromatic carbocycles. The highest BCUT2D eigenvalue weighted by molar-refractivity contribution is 5.66. The first-order chi connectivity index (χ1) is 12.7. The summed E-state index contributed by atoms with van der Waals surface area (Å²) in [6, 6.07) is 10.0. The van der Waals surface area contributed by atoms with Gasteiger partial charge >= 0.3 is 5.97 Å². The third-order valence-electron chi connectivity index (χ3n) is 5.20. The number of unbranched alkanes of at least 4 members (excludes halogenated alkanes) is 1. The lowest BCUT2D eigenvalue weighted by Crippen LogP contribution is -2.28. The molecule has 26 heavy (non-hydrogen) atoms. The summed E-state index contributed by atoms with van der Waals surface area (Å²) in [7, 11) is 0. The van der Waals surface area contributed by atoms with Crippen molar-refractivity contribution in [3.63, 3.8) is 0 Å². The van der Waals surface area contributed by atoms with Crippen molar-refractivity contribution in [1.82, 2.24) is 0 Å². The summed E-state index contributed by atoms with van der Waals surface area (Å²) in [4.78, 5) is 16.0. The van der Waals surface area contributed by atoms with Crippen LogP contribution in [0.1, 0.15) is 44.1 Å². The maximum Gasteiger partial charge on any atom is 0.303 e. The summed E-state index contributed by atoms with van der Waals surface area (Å²) < 4.78 is 6.06. The predicted molar refractivity (Wildman–Crippen MR) is 99.8 cm³/mol. The summed E-state index contributed by atoms with van der Waals surface area (Å²) in [5.74, 6) is 0.00780. The fourth-order valence-electron chi connectivity index (χ4n) is 3.87. The zero-order valence-electron chi connectivity index (χ0n) is 15.0. The van der Waals surface area contributed by atoms with Gasteiger partial charge in [-0.1, -0.05) is 47.6 Å². The van der Waals surface area contributed by atoms with Crippen molar-refractivity contribution in [2.75, 3.05) is 0 Å². The number of allylic oxidation sites excluding steroid dienone is 2. The van der Waals surface area contributed by atoms with Gasteiger partial charge < -0.3 is 14.7 Å². The largest absolute Gasteiger partial charge is 0.481 e. The molecule has 0 saturated carbocycles. The van der Waals surface area contributed by atoms with Crippen LogP contribution in [0.25, 0.3) is 0 Å². The van der Waals surface area contributed by atoms with E-state index in [2.05, 4.69) is 17.3 Å². The summed E-state index contributed by atoms with van der Waals surface area (Å²) >= 11 is 0. The Morgan fingerprint density at radius 2 is 2.04 bits per heavy atom. The Balaban J connectivity index is 1.45. The number of nitrogens with zero attached hydrogens (tertiary/aromatic N) is 1. The number of aliphatic carboxylic acids is 1. The quantitative estimate of drug-likeness (QED) is 0.295. The second-order valence-corrected chi connectivity index (χ2v) is 7.04. The van der Waals surface area contributed by atoms with Crippen molar-refractivity contribution in [3.05, 3.63) is 48.0 Å². The molecule has 3 rings (SSSR count). The lowest BCUT2D eigenvalue weighted by Gasteiger charge is -2.23. The molecule has 2 saturated heterocycles. The van der Waals surface area contributed by atoms with Crippen LogP contribution in [0.15, 0.2) is 47.6 Å². The van der Waals surface area contributed by atoms with Crippen molar-refractivity contribution < 1.29 is 19.5 Å². The Kier molecular flexibility index (Phi) is 6.83. The molecule has 1 N–H and O–H groups in total. The number of hydrogen-bond donors (Lipinski definition) is 1. The van der Waals surface area contributed by atoms with Crippen LogP contribution >= 0.6 is 0 Å². The number of ether oxygens (including phenoxy) is 1. The van der Waals surface area contributed by atoms with Crippen molar-refractivity contribution in [2.24, 2.45) is 17.0 Å². The maximum atomic E-state index is 10.5. The molecule has 0 aromatic heterocycles. The van der Waals surface area contributed by atoms with Crippen LogP contribution in [0.2, 0.25) is 0 Å². The van der Waals surface area contributed by atoms with Gasteiger partial charge in [-0.2, -0.15) is 0 Å². The molecule has 0 radical (unpaired) electrons. The van der Waals surface area contributed by atoms with Gasteiger partial charge in [-0.15, -0.1) is 0 Å². The van der Waals surface area contributed by atoms with Crippen molar-refractivity contribution in [2.45, 2.75) is 57.3 Å². The van der Waals surface area contributed by atoms with E-state index in [-0.39, 0.29) is 12.5 Å². The molecule has 2 bridgehead atoms. The smallest absolute Gasteiger partial charge is 0.303 e. The molecule has 4 atom stereocenters. The first-order valence-corrected chi connectivity index (χ1v) is 9.45. The zero-order chi connectivity index (χ0) is 18.2. The van der Waals surface area contributed by atoms with E-state index in [1.165, 1.54) is 0 Å². The highest BCUT2D eigenvalue weighted by Gasteiger charge is 2.47.